The Bertz CT molecular complexity index is 543. The van der Waals surface area contributed by atoms with Crippen molar-refractivity contribution in [1.82, 2.24) is 0 Å². The highest BCUT2D eigenvalue weighted by Crippen LogP contribution is 2.25. The fourth-order valence-corrected chi connectivity index (χ4v) is 2.32. The second kappa shape index (κ2) is 5.15. The zero-order chi connectivity index (χ0) is 14.1. The molecular formula is C12H17ClFNO2S. The van der Waals surface area contributed by atoms with E-state index >= 15 is 0 Å². The molecule has 0 fully saturated rings. The van der Waals surface area contributed by atoms with Gasteiger partial charge in [0.2, 0.25) is 0 Å². The molecule has 0 amide bonds. The fraction of sp³-hybridized carbons (Fsp3) is 0.500. The maximum Gasteiger partial charge on any atom is 0.154 e. The Hall–Kier alpha value is -0.650. The lowest BCUT2D eigenvalue weighted by Crippen LogP contribution is -2.50. The minimum absolute atomic E-state index is 0.259. The molecular weight excluding hydrogens is 277 g/mol. The number of benzene rings is 1. The summed E-state index contributed by atoms with van der Waals surface area (Å²) in [5, 5.41) is 0.259. The molecule has 2 N–H and O–H groups in total. The molecule has 0 heterocycles. The van der Waals surface area contributed by atoms with E-state index in [1.165, 1.54) is 18.2 Å². The van der Waals surface area contributed by atoms with Crippen molar-refractivity contribution in [2.75, 3.05) is 6.26 Å². The summed E-state index contributed by atoms with van der Waals surface area (Å²) in [5.41, 5.74) is 6.59. The first-order valence-electron chi connectivity index (χ1n) is 5.45. The van der Waals surface area contributed by atoms with Gasteiger partial charge in [-0.2, -0.15) is 0 Å². The topological polar surface area (TPSA) is 60.2 Å². The maximum atomic E-state index is 12.9. The van der Waals surface area contributed by atoms with Crippen LogP contribution in [0.2, 0.25) is 5.02 Å². The standard InChI is InChI=1S/C12H17ClFNO2S/c1-12(2,18(3,16)17)11(15)6-8-4-5-9(14)7-10(8)13/h4-5,7,11H,6,15H2,1-3H3. The number of rotatable bonds is 4. The van der Waals surface area contributed by atoms with Crippen molar-refractivity contribution in [1.29, 1.82) is 0 Å². The van der Waals surface area contributed by atoms with Crippen molar-refractivity contribution in [2.45, 2.75) is 31.1 Å². The predicted octanol–water partition coefficient (Wildman–Crippen LogP) is 2.17. The number of hydrogen-bond donors (Lipinski definition) is 1. The highest BCUT2D eigenvalue weighted by molar-refractivity contribution is 7.92. The molecule has 0 aliphatic rings. The van der Waals surface area contributed by atoms with Crippen molar-refractivity contribution in [3.05, 3.63) is 34.6 Å². The molecule has 102 valence electrons. The van der Waals surface area contributed by atoms with Gasteiger partial charge < -0.3 is 5.73 Å². The van der Waals surface area contributed by atoms with Crippen LogP contribution in [0.3, 0.4) is 0 Å². The molecule has 18 heavy (non-hydrogen) atoms. The van der Waals surface area contributed by atoms with Crippen LogP contribution >= 0.6 is 11.6 Å². The average Bonchev–Trinajstić information content (AvgIpc) is 2.20. The van der Waals surface area contributed by atoms with Crippen molar-refractivity contribution in [2.24, 2.45) is 5.73 Å². The number of halogens is 2. The van der Waals surface area contributed by atoms with Gasteiger partial charge in [0.1, 0.15) is 5.82 Å². The SMILES string of the molecule is CC(C)(C(N)Cc1ccc(F)cc1Cl)S(C)(=O)=O. The zero-order valence-corrected chi connectivity index (χ0v) is 12.1. The van der Waals surface area contributed by atoms with Gasteiger partial charge in [0.25, 0.3) is 0 Å². The molecule has 1 atom stereocenters. The van der Waals surface area contributed by atoms with Gasteiger partial charge in [-0.3, -0.25) is 0 Å². The van der Waals surface area contributed by atoms with Crippen molar-refractivity contribution < 1.29 is 12.8 Å². The van der Waals surface area contributed by atoms with Gasteiger partial charge in [-0.05, 0) is 38.0 Å². The summed E-state index contributed by atoms with van der Waals surface area (Å²) in [6.45, 7) is 3.15. The first-order chi connectivity index (χ1) is 8.05. The molecule has 1 unspecified atom stereocenters. The summed E-state index contributed by atoms with van der Waals surface area (Å²) >= 11 is 5.89. The summed E-state index contributed by atoms with van der Waals surface area (Å²) in [7, 11) is -3.28. The van der Waals surface area contributed by atoms with E-state index in [2.05, 4.69) is 0 Å². The normalized spacial score (nSPS) is 14.6. The molecule has 1 aromatic rings. The van der Waals surface area contributed by atoms with Crippen LogP contribution < -0.4 is 5.73 Å². The third kappa shape index (κ3) is 3.22. The first-order valence-corrected chi connectivity index (χ1v) is 7.71. The Labute approximate surface area is 112 Å². The van der Waals surface area contributed by atoms with Gasteiger partial charge in [0.15, 0.2) is 9.84 Å². The fourth-order valence-electron chi connectivity index (χ4n) is 1.44. The third-order valence-corrected chi connectivity index (χ3v) is 5.87. The number of hydrogen-bond acceptors (Lipinski definition) is 3. The van der Waals surface area contributed by atoms with Crippen LogP contribution in [0.25, 0.3) is 0 Å². The molecule has 0 aliphatic heterocycles. The lowest BCUT2D eigenvalue weighted by atomic mass is 9.96. The Morgan fingerprint density at radius 2 is 2.00 bits per heavy atom. The summed E-state index contributed by atoms with van der Waals surface area (Å²) in [4.78, 5) is 0. The molecule has 6 heteroatoms. The Kier molecular flexibility index (Phi) is 4.41. The molecule has 0 aliphatic carbocycles. The molecule has 0 radical (unpaired) electrons. The van der Waals surface area contributed by atoms with Crippen LogP contribution in [0, 0.1) is 5.82 Å². The minimum Gasteiger partial charge on any atom is -0.326 e. The van der Waals surface area contributed by atoms with Gasteiger partial charge in [-0.15, -0.1) is 0 Å². The van der Waals surface area contributed by atoms with Crippen LogP contribution in [0.1, 0.15) is 19.4 Å². The first kappa shape index (κ1) is 15.4. The van der Waals surface area contributed by atoms with Gasteiger partial charge in [-0.1, -0.05) is 17.7 Å². The van der Waals surface area contributed by atoms with Gasteiger partial charge in [-0.25, -0.2) is 12.8 Å². The number of nitrogens with two attached hydrogens (primary N) is 1. The Balaban J connectivity index is 2.98. The van der Waals surface area contributed by atoms with E-state index in [0.717, 1.165) is 6.26 Å². The van der Waals surface area contributed by atoms with Crippen LogP contribution in [-0.2, 0) is 16.3 Å². The number of sulfone groups is 1. The molecule has 0 saturated heterocycles. The van der Waals surface area contributed by atoms with Gasteiger partial charge >= 0.3 is 0 Å². The van der Waals surface area contributed by atoms with E-state index in [1.807, 2.05) is 0 Å². The van der Waals surface area contributed by atoms with E-state index in [9.17, 15) is 12.8 Å². The van der Waals surface area contributed by atoms with E-state index < -0.39 is 26.4 Å². The quantitative estimate of drug-likeness (QED) is 0.925. The summed E-state index contributed by atoms with van der Waals surface area (Å²) < 4.78 is 35.1. The molecule has 0 saturated carbocycles. The summed E-state index contributed by atoms with van der Waals surface area (Å²) in [6.07, 6.45) is 1.43. The highest BCUT2D eigenvalue weighted by Gasteiger charge is 2.36. The Morgan fingerprint density at radius 3 is 2.44 bits per heavy atom. The molecule has 0 aromatic heterocycles. The lowest BCUT2D eigenvalue weighted by Gasteiger charge is -2.30. The smallest absolute Gasteiger partial charge is 0.154 e. The molecule has 3 nitrogen and oxygen atoms in total. The highest BCUT2D eigenvalue weighted by atomic mass is 35.5. The summed E-state index contributed by atoms with van der Waals surface area (Å²) in [6, 6.07) is 3.38. The van der Waals surface area contributed by atoms with Crippen LogP contribution in [-0.4, -0.2) is 25.5 Å². The Morgan fingerprint density at radius 1 is 1.44 bits per heavy atom. The zero-order valence-electron chi connectivity index (χ0n) is 10.6. The monoisotopic (exact) mass is 293 g/mol. The summed E-state index contributed by atoms with van der Waals surface area (Å²) in [5.74, 6) is -0.431. The van der Waals surface area contributed by atoms with E-state index in [0.29, 0.717) is 5.56 Å². The van der Waals surface area contributed by atoms with Crippen LogP contribution in [0.15, 0.2) is 18.2 Å². The second-order valence-corrected chi connectivity index (χ2v) is 7.93. The van der Waals surface area contributed by atoms with Gasteiger partial charge in [0.05, 0.1) is 4.75 Å². The van der Waals surface area contributed by atoms with Crippen molar-refractivity contribution >= 4 is 21.4 Å². The molecule has 0 spiro atoms. The van der Waals surface area contributed by atoms with Crippen molar-refractivity contribution in [3.63, 3.8) is 0 Å². The molecule has 1 aromatic carbocycles. The lowest BCUT2D eigenvalue weighted by molar-refractivity contribution is 0.482. The van der Waals surface area contributed by atoms with Crippen LogP contribution in [0.4, 0.5) is 4.39 Å². The van der Waals surface area contributed by atoms with E-state index in [-0.39, 0.29) is 11.4 Å². The van der Waals surface area contributed by atoms with Crippen molar-refractivity contribution in [3.8, 4) is 0 Å². The third-order valence-electron chi connectivity index (χ3n) is 3.30. The average molecular weight is 294 g/mol. The molecule has 1 rings (SSSR count). The van der Waals surface area contributed by atoms with E-state index in [1.54, 1.807) is 13.8 Å². The molecule has 0 bridgehead atoms. The largest absolute Gasteiger partial charge is 0.326 e. The maximum absolute atomic E-state index is 12.9. The minimum atomic E-state index is -3.28. The van der Waals surface area contributed by atoms with E-state index in [4.69, 9.17) is 17.3 Å². The van der Waals surface area contributed by atoms with Crippen LogP contribution in [0.5, 0.6) is 0 Å². The van der Waals surface area contributed by atoms with Gasteiger partial charge in [0, 0.05) is 17.3 Å². The predicted molar refractivity (Wildman–Crippen MR) is 72.0 cm³/mol. The second-order valence-electron chi connectivity index (χ2n) is 4.92.